The quantitative estimate of drug-likeness (QED) is 0.464. The molecule has 3 aromatic carbocycles. The van der Waals surface area contributed by atoms with Crippen molar-refractivity contribution in [3.8, 4) is 6.07 Å². The molecule has 154 valence electrons. The fourth-order valence-electron chi connectivity index (χ4n) is 3.98. The van der Waals surface area contributed by atoms with Crippen LogP contribution in [0.2, 0.25) is 0 Å². The topological polar surface area (TPSA) is 94.5 Å². The number of anilines is 1. The maximum atomic E-state index is 13.5. The Labute approximate surface area is 183 Å². The largest absolute Gasteiger partial charge is 0.503 e. The summed E-state index contributed by atoms with van der Waals surface area (Å²) in [4.78, 5) is 28.0. The number of Topliss-reactive ketones (excluding diaryl/α,β-unsaturated/α-hetero) is 1. The van der Waals surface area contributed by atoms with E-state index in [1.807, 2.05) is 24.3 Å². The molecule has 1 N–H and O–H groups in total. The molecule has 0 spiro atoms. The van der Waals surface area contributed by atoms with Gasteiger partial charge in [-0.3, -0.25) is 14.5 Å². The first kappa shape index (κ1) is 19.3. The van der Waals surface area contributed by atoms with E-state index in [9.17, 15) is 14.7 Å². The monoisotopic (exact) mass is 420 g/mol. The Hall–Kier alpha value is -4.63. The van der Waals surface area contributed by atoms with Gasteiger partial charge in [0.15, 0.2) is 11.5 Å². The summed E-state index contributed by atoms with van der Waals surface area (Å²) < 4.78 is 5.72. The van der Waals surface area contributed by atoms with Crippen LogP contribution >= 0.6 is 0 Å². The molecular weight excluding hydrogens is 404 g/mol. The number of furan rings is 1. The zero-order chi connectivity index (χ0) is 22.2. The highest BCUT2D eigenvalue weighted by molar-refractivity contribution is 6.20. The van der Waals surface area contributed by atoms with Gasteiger partial charge in [-0.05, 0) is 42.0 Å². The van der Waals surface area contributed by atoms with Gasteiger partial charge < -0.3 is 9.52 Å². The lowest BCUT2D eigenvalue weighted by Crippen LogP contribution is -2.31. The highest BCUT2D eigenvalue weighted by Gasteiger charge is 2.45. The van der Waals surface area contributed by atoms with Gasteiger partial charge in [-0.25, -0.2) is 0 Å². The number of nitriles is 1. The third-order valence-electron chi connectivity index (χ3n) is 5.49. The number of hydrogen-bond acceptors (Lipinski definition) is 5. The summed E-state index contributed by atoms with van der Waals surface area (Å²) in [5.74, 6) is -1.82. The predicted molar refractivity (Wildman–Crippen MR) is 118 cm³/mol. The van der Waals surface area contributed by atoms with Crippen LogP contribution in [-0.4, -0.2) is 16.8 Å². The van der Waals surface area contributed by atoms with Crippen LogP contribution in [0, 0.1) is 11.3 Å². The SMILES string of the molecule is N#Cc1ccc(N2C(=O)C(O)=C(C(=O)c3cc4ccccc4o3)C2c2ccccc2)cc1. The van der Waals surface area contributed by atoms with E-state index in [2.05, 4.69) is 0 Å². The zero-order valence-electron chi connectivity index (χ0n) is 16.7. The number of benzene rings is 3. The molecule has 0 bridgehead atoms. The van der Waals surface area contributed by atoms with E-state index < -0.39 is 23.5 Å². The van der Waals surface area contributed by atoms with Crippen LogP contribution in [0.25, 0.3) is 11.0 Å². The Morgan fingerprint density at radius 1 is 0.969 bits per heavy atom. The van der Waals surface area contributed by atoms with Gasteiger partial charge in [0.05, 0.1) is 23.2 Å². The lowest BCUT2D eigenvalue weighted by molar-refractivity contribution is -0.117. The van der Waals surface area contributed by atoms with Gasteiger partial charge in [0.1, 0.15) is 5.58 Å². The first-order chi connectivity index (χ1) is 15.6. The third-order valence-corrected chi connectivity index (χ3v) is 5.49. The molecule has 6 nitrogen and oxygen atoms in total. The lowest BCUT2D eigenvalue weighted by Gasteiger charge is -2.26. The van der Waals surface area contributed by atoms with Gasteiger partial charge in [-0.1, -0.05) is 48.5 Å². The van der Waals surface area contributed by atoms with Gasteiger partial charge in [-0.15, -0.1) is 0 Å². The van der Waals surface area contributed by atoms with Crippen molar-refractivity contribution in [2.45, 2.75) is 6.04 Å². The van der Waals surface area contributed by atoms with Crippen molar-refractivity contribution in [2.24, 2.45) is 0 Å². The van der Waals surface area contributed by atoms with Gasteiger partial charge in [0.2, 0.25) is 5.78 Å². The number of carbonyl (C=O) groups excluding carboxylic acids is 2. The number of carbonyl (C=O) groups is 2. The second-order valence-electron chi connectivity index (χ2n) is 7.39. The molecule has 1 unspecified atom stereocenters. The minimum atomic E-state index is -0.850. The van der Waals surface area contributed by atoms with Crippen LogP contribution in [0.15, 0.2) is 101 Å². The molecule has 2 heterocycles. The van der Waals surface area contributed by atoms with E-state index in [-0.39, 0.29) is 11.3 Å². The molecule has 0 aliphatic carbocycles. The van der Waals surface area contributed by atoms with Crippen LogP contribution in [-0.2, 0) is 4.79 Å². The molecule has 1 aliphatic heterocycles. The number of ketones is 1. The molecule has 0 saturated carbocycles. The smallest absolute Gasteiger partial charge is 0.294 e. The van der Waals surface area contributed by atoms with Crippen LogP contribution in [0.3, 0.4) is 0 Å². The minimum absolute atomic E-state index is 0.0446. The Bertz CT molecular complexity index is 1390. The number of hydrogen-bond donors (Lipinski definition) is 1. The number of aliphatic hydroxyl groups excluding tert-OH is 1. The maximum Gasteiger partial charge on any atom is 0.294 e. The van der Waals surface area contributed by atoms with Crippen LogP contribution in [0.5, 0.6) is 0 Å². The molecule has 4 aromatic rings. The molecule has 1 atom stereocenters. The highest BCUT2D eigenvalue weighted by Crippen LogP contribution is 2.42. The minimum Gasteiger partial charge on any atom is -0.503 e. The van der Waals surface area contributed by atoms with Crippen molar-refractivity contribution in [2.75, 3.05) is 4.90 Å². The summed E-state index contributed by atoms with van der Waals surface area (Å²) in [6, 6.07) is 25.4. The number of rotatable bonds is 4. The van der Waals surface area contributed by atoms with E-state index in [1.54, 1.807) is 66.7 Å². The zero-order valence-corrected chi connectivity index (χ0v) is 16.7. The van der Waals surface area contributed by atoms with Gasteiger partial charge in [0, 0.05) is 11.1 Å². The lowest BCUT2D eigenvalue weighted by atomic mass is 9.94. The fraction of sp³-hybridized carbons (Fsp3) is 0.0385. The Balaban J connectivity index is 1.65. The Morgan fingerprint density at radius 2 is 1.66 bits per heavy atom. The molecule has 32 heavy (non-hydrogen) atoms. The summed E-state index contributed by atoms with van der Waals surface area (Å²) in [6.07, 6.45) is 0. The van der Waals surface area contributed by atoms with Crippen molar-refractivity contribution in [3.05, 3.63) is 113 Å². The van der Waals surface area contributed by atoms with E-state index in [1.165, 1.54) is 4.90 Å². The first-order valence-electron chi connectivity index (χ1n) is 9.93. The van der Waals surface area contributed by atoms with Crippen molar-refractivity contribution in [1.82, 2.24) is 0 Å². The molecule has 6 heteroatoms. The first-order valence-corrected chi connectivity index (χ1v) is 9.93. The predicted octanol–water partition coefficient (Wildman–Crippen LogP) is 5.09. The molecular formula is C26H16N2O4. The Morgan fingerprint density at radius 3 is 2.34 bits per heavy atom. The number of aliphatic hydroxyl groups is 1. The average molecular weight is 420 g/mol. The molecule has 0 fully saturated rings. The summed E-state index contributed by atoms with van der Waals surface area (Å²) in [5, 5.41) is 20.6. The molecule has 0 radical (unpaired) electrons. The van der Waals surface area contributed by atoms with Gasteiger partial charge >= 0.3 is 0 Å². The van der Waals surface area contributed by atoms with Crippen molar-refractivity contribution in [3.63, 3.8) is 0 Å². The molecule has 5 rings (SSSR count). The van der Waals surface area contributed by atoms with Gasteiger partial charge in [-0.2, -0.15) is 5.26 Å². The summed E-state index contributed by atoms with van der Waals surface area (Å²) in [6.45, 7) is 0. The standard InChI is InChI=1S/C26H16N2O4/c27-15-16-10-12-19(13-11-16)28-23(17-6-2-1-3-7-17)22(25(30)26(28)31)24(29)21-14-18-8-4-5-9-20(18)32-21/h1-14,23,30H. The number of amides is 1. The van der Waals surface area contributed by atoms with E-state index in [4.69, 9.17) is 9.68 Å². The molecule has 1 amide bonds. The Kier molecular flexibility index (Phi) is 4.57. The second-order valence-corrected chi connectivity index (χ2v) is 7.39. The van der Waals surface area contributed by atoms with Crippen LogP contribution < -0.4 is 4.90 Å². The third kappa shape index (κ3) is 3.04. The average Bonchev–Trinajstić information content (AvgIpc) is 3.38. The van der Waals surface area contributed by atoms with Gasteiger partial charge in [0.25, 0.3) is 5.91 Å². The molecule has 0 saturated heterocycles. The van der Waals surface area contributed by atoms with E-state index >= 15 is 0 Å². The summed E-state index contributed by atoms with van der Waals surface area (Å²) in [5.41, 5.74) is 2.05. The van der Waals surface area contributed by atoms with Crippen LogP contribution in [0.4, 0.5) is 5.69 Å². The molecule has 1 aromatic heterocycles. The van der Waals surface area contributed by atoms with E-state index in [0.717, 1.165) is 5.39 Å². The highest BCUT2D eigenvalue weighted by atomic mass is 16.3. The number of para-hydroxylation sites is 1. The fourth-order valence-corrected chi connectivity index (χ4v) is 3.98. The number of fused-ring (bicyclic) bond motifs is 1. The normalized spacial score (nSPS) is 15.9. The second kappa shape index (κ2) is 7.56. The summed E-state index contributed by atoms with van der Waals surface area (Å²) >= 11 is 0. The van der Waals surface area contributed by atoms with Crippen molar-refractivity contribution < 1.29 is 19.1 Å². The van der Waals surface area contributed by atoms with Crippen molar-refractivity contribution in [1.29, 1.82) is 5.26 Å². The number of nitrogens with zero attached hydrogens (tertiary/aromatic N) is 2. The van der Waals surface area contributed by atoms with E-state index in [0.29, 0.717) is 22.4 Å². The summed E-state index contributed by atoms with van der Waals surface area (Å²) in [7, 11) is 0. The van der Waals surface area contributed by atoms with Crippen LogP contribution in [0.1, 0.15) is 27.7 Å². The van der Waals surface area contributed by atoms with Crippen molar-refractivity contribution >= 4 is 28.3 Å². The molecule has 1 aliphatic rings. The maximum absolute atomic E-state index is 13.5.